The quantitative estimate of drug-likeness (QED) is 0.178. The Balaban J connectivity index is 1.08. The Morgan fingerprint density at radius 1 is 0.415 bits per heavy atom. The predicted octanol–water partition coefficient (Wildman–Crippen LogP) is 12.2. The summed E-state index contributed by atoms with van der Waals surface area (Å²) in [6.45, 7) is 0. The Hall–Kier alpha value is -6.97. The highest BCUT2D eigenvalue weighted by molar-refractivity contribution is 6.18. The second-order valence-electron chi connectivity index (χ2n) is 14.0. The number of benzene rings is 8. The topological polar surface area (TPSA) is 22.8 Å². The van der Waals surface area contributed by atoms with Crippen LogP contribution < -0.4 is 0 Å². The summed E-state index contributed by atoms with van der Waals surface area (Å²) in [5, 5.41) is 2.56. The largest absolute Gasteiger partial charge is 0.309 e. The first-order chi connectivity index (χ1) is 26.3. The van der Waals surface area contributed by atoms with Crippen LogP contribution in [0.5, 0.6) is 0 Å². The fourth-order valence-electron chi connectivity index (χ4n) is 9.05. The summed E-state index contributed by atoms with van der Waals surface area (Å²) in [7, 11) is 0. The van der Waals surface area contributed by atoms with Crippen LogP contribution in [0.3, 0.4) is 0 Å². The summed E-state index contributed by atoms with van der Waals surface area (Å²) < 4.78 is 4.58. The first-order valence-corrected chi connectivity index (χ1v) is 18.2. The van der Waals surface area contributed by atoms with Crippen molar-refractivity contribution in [2.45, 2.75) is 5.41 Å². The molecule has 0 aliphatic heterocycles. The predicted molar refractivity (Wildman–Crippen MR) is 218 cm³/mol. The van der Waals surface area contributed by atoms with E-state index in [-0.39, 0.29) is 0 Å². The van der Waals surface area contributed by atoms with Crippen LogP contribution in [0.4, 0.5) is 0 Å². The van der Waals surface area contributed by atoms with E-state index in [1.807, 2.05) is 18.5 Å². The molecular weight excluding hydrogens is 643 g/mol. The average molecular weight is 676 g/mol. The van der Waals surface area contributed by atoms with Crippen LogP contribution in [0, 0.1) is 0 Å². The molecule has 1 aliphatic rings. The van der Waals surface area contributed by atoms with Gasteiger partial charge in [0.05, 0.1) is 27.5 Å². The van der Waals surface area contributed by atoms with Crippen molar-refractivity contribution in [1.82, 2.24) is 14.1 Å². The molecule has 10 aromatic rings. The monoisotopic (exact) mass is 675 g/mol. The van der Waals surface area contributed by atoms with Crippen LogP contribution in [-0.2, 0) is 5.41 Å². The molecule has 3 heteroatoms. The Kier molecular flexibility index (Phi) is 6.47. The molecule has 0 saturated heterocycles. The van der Waals surface area contributed by atoms with E-state index in [4.69, 9.17) is 0 Å². The zero-order chi connectivity index (χ0) is 34.9. The number of rotatable bonds is 5. The molecule has 0 fully saturated rings. The first kappa shape index (κ1) is 29.7. The molecule has 0 bridgehead atoms. The van der Waals surface area contributed by atoms with Gasteiger partial charge in [0.15, 0.2) is 0 Å². The SMILES string of the molecule is c1ccc(C2(c3ccccc3)c3ccccc3-c3c2ccc2c3c3ccccc3n2-c2ccc(-c3ccc(-n4cnc5ccccc54)cc3)cc2)cc1. The summed E-state index contributed by atoms with van der Waals surface area (Å²) in [6, 6.07) is 70.8. The smallest absolute Gasteiger partial charge is 0.100 e. The van der Waals surface area contributed by atoms with E-state index in [9.17, 15) is 0 Å². The van der Waals surface area contributed by atoms with Crippen molar-refractivity contribution >= 4 is 32.8 Å². The van der Waals surface area contributed by atoms with Gasteiger partial charge in [-0.1, -0.05) is 146 Å². The second-order valence-corrected chi connectivity index (χ2v) is 14.0. The van der Waals surface area contributed by atoms with Crippen LogP contribution in [0.15, 0.2) is 200 Å². The van der Waals surface area contributed by atoms with E-state index in [0.717, 1.165) is 22.4 Å². The maximum absolute atomic E-state index is 4.58. The van der Waals surface area contributed by atoms with E-state index in [0.29, 0.717) is 0 Å². The van der Waals surface area contributed by atoms with Crippen LogP contribution >= 0.6 is 0 Å². The van der Waals surface area contributed by atoms with E-state index in [1.165, 1.54) is 66.3 Å². The number of imidazole rings is 1. The maximum atomic E-state index is 4.58. The molecule has 0 amide bonds. The summed E-state index contributed by atoms with van der Waals surface area (Å²) in [5.74, 6) is 0. The first-order valence-electron chi connectivity index (χ1n) is 18.2. The summed E-state index contributed by atoms with van der Waals surface area (Å²) in [5.41, 5.74) is 16.5. The molecule has 53 heavy (non-hydrogen) atoms. The molecule has 8 aromatic carbocycles. The van der Waals surface area contributed by atoms with Gasteiger partial charge in [0, 0.05) is 22.1 Å². The lowest BCUT2D eigenvalue weighted by Gasteiger charge is -2.33. The molecule has 11 rings (SSSR count). The van der Waals surface area contributed by atoms with Crippen LogP contribution in [0.25, 0.3) is 66.5 Å². The number of hydrogen-bond donors (Lipinski definition) is 0. The van der Waals surface area contributed by atoms with E-state index >= 15 is 0 Å². The summed E-state index contributed by atoms with van der Waals surface area (Å²) in [6.07, 6.45) is 1.90. The van der Waals surface area contributed by atoms with Gasteiger partial charge >= 0.3 is 0 Å². The third kappa shape index (κ3) is 4.25. The summed E-state index contributed by atoms with van der Waals surface area (Å²) in [4.78, 5) is 4.58. The van der Waals surface area contributed by atoms with Gasteiger partial charge in [-0.15, -0.1) is 0 Å². The van der Waals surface area contributed by atoms with Gasteiger partial charge in [-0.3, -0.25) is 4.57 Å². The van der Waals surface area contributed by atoms with Crippen molar-refractivity contribution in [3.05, 3.63) is 223 Å². The van der Waals surface area contributed by atoms with Crippen LogP contribution in [-0.4, -0.2) is 14.1 Å². The van der Waals surface area contributed by atoms with Crippen molar-refractivity contribution in [3.63, 3.8) is 0 Å². The highest BCUT2D eigenvalue weighted by Crippen LogP contribution is 2.58. The minimum atomic E-state index is -0.437. The molecule has 2 heterocycles. The van der Waals surface area contributed by atoms with Crippen LogP contribution in [0.2, 0.25) is 0 Å². The van der Waals surface area contributed by atoms with Gasteiger partial charge in [-0.2, -0.15) is 0 Å². The summed E-state index contributed by atoms with van der Waals surface area (Å²) >= 11 is 0. The normalized spacial score (nSPS) is 13.1. The minimum absolute atomic E-state index is 0.437. The number of fused-ring (bicyclic) bond motifs is 8. The van der Waals surface area contributed by atoms with Gasteiger partial charge in [-0.25, -0.2) is 4.98 Å². The Labute approximate surface area is 307 Å². The lowest BCUT2D eigenvalue weighted by Crippen LogP contribution is -2.28. The molecule has 248 valence electrons. The number of para-hydroxylation sites is 3. The minimum Gasteiger partial charge on any atom is -0.309 e. The van der Waals surface area contributed by atoms with Gasteiger partial charge in [0.2, 0.25) is 0 Å². The standard InChI is InChI=1S/C50H33N3/c1-3-13-36(14-4-1)50(37-15-5-2-6-16-37)42-19-9-7-17-40(42)48-43(50)31-32-47-49(48)41-18-8-11-21-45(41)53(47)39-29-25-35(26-30-39)34-23-27-38(28-24-34)52-33-51-44-20-10-12-22-46(44)52/h1-33H. The van der Waals surface area contributed by atoms with E-state index in [1.54, 1.807) is 0 Å². The third-order valence-corrected chi connectivity index (χ3v) is 11.3. The molecule has 3 nitrogen and oxygen atoms in total. The maximum Gasteiger partial charge on any atom is 0.100 e. The Bertz CT molecular complexity index is 2930. The number of hydrogen-bond acceptors (Lipinski definition) is 1. The molecule has 2 aromatic heterocycles. The van der Waals surface area contributed by atoms with Gasteiger partial charge in [-0.05, 0) is 93.0 Å². The molecule has 0 radical (unpaired) electrons. The number of nitrogens with zero attached hydrogens (tertiary/aromatic N) is 3. The van der Waals surface area contributed by atoms with Crippen LogP contribution in [0.1, 0.15) is 22.3 Å². The zero-order valence-corrected chi connectivity index (χ0v) is 28.9. The van der Waals surface area contributed by atoms with Gasteiger partial charge < -0.3 is 4.57 Å². The second kappa shape index (κ2) is 11.5. The highest BCUT2D eigenvalue weighted by atomic mass is 15.0. The van der Waals surface area contributed by atoms with Crippen molar-refractivity contribution in [2.75, 3.05) is 0 Å². The molecule has 0 atom stereocenters. The lowest BCUT2D eigenvalue weighted by atomic mass is 9.67. The average Bonchev–Trinajstić information content (AvgIpc) is 3.91. The zero-order valence-electron chi connectivity index (χ0n) is 28.9. The van der Waals surface area contributed by atoms with E-state index < -0.39 is 5.41 Å². The van der Waals surface area contributed by atoms with E-state index in [2.05, 4.69) is 196 Å². The molecule has 0 unspecified atom stereocenters. The molecule has 0 N–H and O–H groups in total. The molecule has 0 spiro atoms. The van der Waals surface area contributed by atoms with Crippen molar-refractivity contribution < 1.29 is 0 Å². The number of aromatic nitrogens is 3. The molecule has 0 saturated carbocycles. The fraction of sp³-hybridized carbons (Fsp3) is 0.0200. The van der Waals surface area contributed by atoms with Gasteiger partial charge in [0.25, 0.3) is 0 Å². The highest BCUT2D eigenvalue weighted by Gasteiger charge is 2.47. The van der Waals surface area contributed by atoms with Crippen molar-refractivity contribution in [2.24, 2.45) is 0 Å². The fourth-order valence-corrected chi connectivity index (χ4v) is 9.05. The third-order valence-electron chi connectivity index (χ3n) is 11.3. The van der Waals surface area contributed by atoms with Gasteiger partial charge in [0.1, 0.15) is 6.33 Å². The molecular formula is C50H33N3. The Morgan fingerprint density at radius 3 is 1.72 bits per heavy atom. The Morgan fingerprint density at radius 2 is 1.00 bits per heavy atom. The lowest BCUT2D eigenvalue weighted by molar-refractivity contribution is 0.769. The van der Waals surface area contributed by atoms with Crippen molar-refractivity contribution in [1.29, 1.82) is 0 Å². The van der Waals surface area contributed by atoms with Crippen molar-refractivity contribution in [3.8, 4) is 33.6 Å². The molecule has 1 aliphatic carbocycles.